The van der Waals surface area contributed by atoms with Crippen LogP contribution in [0, 0.1) is 0 Å². The van der Waals surface area contributed by atoms with E-state index in [4.69, 9.17) is 4.74 Å². The summed E-state index contributed by atoms with van der Waals surface area (Å²) in [5.41, 5.74) is 2.02. The maximum atomic E-state index is 12.4. The molecule has 0 spiro atoms. The Kier molecular flexibility index (Phi) is 4.57. The van der Waals surface area contributed by atoms with Gasteiger partial charge in [-0.1, -0.05) is 18.2 Å². The van der Waals surface area contributed by atoms with Gasteiger partial charge in [-0.3, -0.25) is 4.79 Å². The minimum absolute atomic E-state index is 0.0251. The first kappa shape index (κ1) is 16.5. The Morgan fingerprint density at radius 3 is 2.54 bits per heavy atom. The third kappa shape index (κ3) is 3.28. The lowest BCUT2D eigenvalue weighted by atomic mass is 10.2. The highest BCUT2D eigenvalue weighted by atomic mass is 32.2. The van der Waals surface area contributed by atoms with Gasteiger partial charge in [-0.15, -0.1) is 0 Å². The average molecular weight is 345 g/mol. The van der Waals surface area contributed by atoms with Gasteiger partial charge in [-0.2, -0.15) is 0 Å². The molecule has 1 heterocycles. The number of benzene rings is 2. The average Bonchev–Trinajstić information content (AvgIpc) is 3.04. The van der Waals surface area contributed by atoms with Gasteiger partial charge in [0, 0.05) is 18.7 Å². The van der Waals surface area contributed by atoms with Gasteiger partial charge in [0.1, 0.15) is 5.75 Å². The molecule has 2 aromatic rings. The second kappa shape index (κ2) is 6.65. The van der Waals surface area contributed by atoms with Crippen molar-refractivity contribution in [3.8, 4) is 5.75 Å². The number of anilines is 1. The van der Waals surface area contributed by atoms with Crippen molar-refractivity contribution in [2.45, 2.75) is 17.7 Å². The number of carbonyl (C=O) groups excluding carboxylic acids is 1. The van der Waals surface area contributed by atoms with E-state index in [1.807, 2.05) is 24.3 Å². The fourth-order valence-electron chi connectivity index (χ4n) is 2.85. The van der Waals surface area contributed by atoms with Crippen LogP contribution in [0.3, 0.4) is 0 Å². The molecule has 1 aliphatic rings. The van der Waals surface area contributed by atoms with Crippen molar-refractivity contribution >= 4 is 21.4 Å². The van der Waals surface area contributed by atoms with Gasteiger partial charge in [0.25, 0.3) is 0 Å². The van der Waals surface area contributed by atoms with E-state index < -0.39 is 9.84 Å². The molecule has 0 aromatic heterocycles. The van der Waals surface area contributed by atoms with Crippen molar-refractivity contribution in [3.05, 3.63) is 54.1 Å². The molecule has 0 atom stereocenters. The van der Waals surface area contributed by atoms with Crippen molar-refractivity contribution in [2.75, 3.05) is 24.3 Å². The summed E-state index contributed by atoms with van der Waals surface area (Å²) in [6, 6.07) is 13.9. The number of rotatable bonds is 5. The predicted octanol–water partition coefficient (Wildman–Crippen LogP) is 2.45. The van der Waals surface area contributed by atoms with Crippen LogP contribution in [0.2, 0.25) is 0 Å². The quantitative estimate of drug-likeness (QED) is 0.835. The van der Waals surface area contributed by atoms with E-state index in [1.165, 1.54) is 19.2 Å². The van der Waals surface area contributed by atoms with Crippen molar-refractivity contribution in [2.24, 2.45) is 0 Å². The molecule has 0 aliphatic carbocycles. The van der Waals surface area contributed by atoms with Gasteiger partial charge < -0.3 is 9.64 Å². The van der Waals surface area contributed by atoms with E-state index in [0.717, 1.165) is 17.7 Å². The fourth-order valence-corrected chi connectivity index (χ4v) is 4.08. The Hall–Kier alpha value is -2.34. The lowest BCUT2D eigenvalue weighted by molar-refractivity contribution is -0.118. The molecule has 1 aliphatic heterocycles. The summed E-state index contributed by atoms with van der Waals surface area (Å²) in [4.78, 5) is 14.3. The van der Waals surface area contributed by atoms with E-state index in [1.54, 1.807) is 17.0 Å². The van der Waals surface area contributed by atoms with Gasteiger partial charge >= 0.3 is 0 Å². The van der Waals surface area contributed by atoms with Crippen LogP contribution >= 0.6 is 0 Å². The summed E-state index contributed by atoms with van der Waals surface area (Å²) in [6.07, 6.45) is 0.788. The number of hydrogen-bond donors (Lipinski definition) is 0. The first-order chi connectivity index (χ1) is 11.5. The molecule has 5 nitrogen and oxygen atoms in total. The Morgan fingerprint density at radius 1 is 1.12 bits per heavy atom. The first-order valence-corrected chi connectivity index (χ1v) is 9.41. The van der Waals surface area contributed by atoms with Crippen LogP contribution in [0.25, 0.3) is 0 Å². The number of fused-ring (bicyclic) bond motifs is 1. The molecule has 6 heteroatoms. The Balaban J connectivity index is 1.67. The molecule has 3 rings (SSSR count). The lowest BCUT2D eigenvalue weighted by Gasteiger charge is -2.17. The number of sulfone groups is 1. The normalized spacial score (nSPS) is 13.6. The smallest absolute Gasteiger partial charge is 0.228 e. The standard InChI is InChI=1S/C18H19NO4S/c1-23-15-6-8-16(9-7-15)24(21,22)13-11-18(20)19-12-10-14-4-2-3-5-17(14)19/h2-9H,10-13H2,1H3. The highest BCUT2D eigenvalue weighted by Crippen LogP contribution is 2.28. The summed E-state index contributed by atoms with van der Waals surface area (Å²) >= 11 is 0. The van der Waals surface area contributed by atoms with Gasteiger partial charge in [-0.05, 0) is 42.3 Å². The molecule has 0 fully saturated rings. The number of amides is 1. The van der Waals surface area contributed by atoms with E-state index in [9.17, 15) is 13.2 Å². The van der Waals surface area contributed by atoms with Gasteiger partial charge in [0.05, 0.1) is 17.8 Å². The Morgan fingerprint density at radius 2 is 1.83 bits per heavy atom. The predicted molar refractivity (Wildman–Crippen MR) is 92.2 cm³/mol. The highest BCUT2D eigenvalue weighted by molar-refractivity contribution is 7.91. The number of methoxy groups -OCH3 is 1. The minimum atomic E-state index is -3.49. The van der Waals surface area contributed by atoms with Crippen LogP contribution < -0.4 is 9.64 Å². The van der Waals surface area contributed by atoms with Crippen LogP contribution in [0.5, 0.6) is 5.75 Å². The number of hydrogen-bond acceptors (Lipinski definition) is 4. The molecule has 0 N–H and O–H groups in total. The monoisotopic (exact) mass is 345 g/mol. The second-order valence-corrected chi connectivity index (χ2v) is 7.78. The third-order valence-corrected chi connectivity index (χ3v) is 5.92. The van der Waals surface area contributed by atoms with Crippen molar-refractivity contribution in [1.29, 1.82) is 0 Å². The molecule has 126 valence electrons. The summed E-state index contributed by atoms with van der Waals surface area (Å²) in [5, 5.41) is 0. The van der Waals surface area contributed by atoms with E-state index in [0.29, 0.717) is 12.3 Å². The molecular formula is C18H19NO4S. The fraction of sp³-hybridized carbons (Fsp3) is 0.278. The number of ether oxygens (including phenoxy) is 1. The lowest BCUT2D eigenvalue weighted by Crippen LogP contribution is -2.30. The number of nitrogens with zero attached hydrogens (tertiary/aromatic N) is 1. The zero-order valence-electron chi connectivity index (χ0n) is 13.4. The molecule has 24 heavy (non-hydrogen) atoms. The van der Waals surface area contributed by atoms with Crippen LogP contribution in [0.4, 0.5) is 5.69 Å². The SMILES string of the molecule is COc1ccc(S(=O)(=O)CCC(=O)N2CCc3ccccc32)cc1. The minimum Gasteiger partial charge on any atom is -0.497 e. The van der Waals surface area contributed by atoms with E-state index in [-0.39, 0.29) is 23.0 Å². The summed E-state index contributed by atoms with van der Waals surface area (Å²) in [5.74, 6) is 0.243. The van der Waals surface area contributed by atoms with Crippen LogP contribution in [0.1, 0.15) is 12.0 Å². The van der Waals surface area contributed by atoms with Crippen molar-refractivity contribution < 1.29 is 17.9 Å². The summed E-state index contributed by atoms with van der Waals surface area (Å²) in [6.45, 7) is 0.612. The maximum absolute atomic E-state index is 12.4. The van der Waals surface area contributed by atoms with Crippen molar-refractivity contribution in [3.63, 3.8) is 0 Å². The Labute approximate surface area is 141 Å². The molecule has 0 saturated heterocycles. The van der Waals surface area contributed by atoms with Crippen LogP contribution in [-0.4, -0.2) is 33.7 Å². The summed E-state index contributed by atoms with van der Waals surface area (Å²) in [7, 11) is -1.97. The zero-order chi connectivity index (χ0) is 17.2. The third-order valence-electron chi connectivity index (χ3n) is 4.19. The number of carbonyl (C=O) groups is 1. The Bertz CT molecular complexity index is 844. The molecule has 0 bridgehead atoms. The molecule has 0 saturated carbocycles. The summed E-state index contributed by atoms with van der Waals surface area (Å²) < 4.78 is 29.8. The van der Waals surface area contributed by atoms with Gasteiger partial charge in [0.2, 0.25) is 5.91 Å². The van der Waals surface area contributed by atoms with Crippen LogP contribution in [0.15, 0.2) is 53.4 Å². The van der Waals surface area contributed by atoms with E-state index in [2.05, 4.69) is 0 Å². The van der Waals surface area contributed by atoms with Gasteiger partial charge in [-0.25, -0.2) is 8.42 Å². The topological polar surface area (TPSA) is 63.7 Å². The molecule has 2 aromatic carbocycles. The van der Waals surface area contributed by atoms with E-state index >= 15 is 0 Å². The largest absolute Gasteiger partial charge is 0.497 e. The first-order valence-electron chi connectivity index (χ1n) is 7.76. The molecule has 0 radical (unpaired) electrons. The molecule has 0 unspecified atom stereocenters. The van der Waals surface area contributed by atoms with Gasteiger partial charge in [0.15, 0.2) is 9.84 Å². The highest BCUT2D eigenvalue weighted by Gasteiger charge is 2.25. The maximum Gasteiger partial charge on any atom is 0.228 e. The number of para-hydroxylation sites is 1. The molecular weight excluding hydrogens is 326 g/mol. The molecule has 1 amide bonds. The second-order valence-electron chi connectivity index (χ2n) is 5.67. The zero-order valence-corrected chi connectivity index (χ0v) is 14.3. The van der Waals surface area contributed by atoms with Crippen LogP contribution in [-0.2, 0) is 21.1 Å². The van der Waals surface area contributed by atoms with Crippen molar-refractivity contribution in [1.82, 2.24) is 0 Å².